The number of aliphatic hydroxyl groups excluding tert-OH is 1. The topological polar surface area (TPSA) is 57.5 Å². The average Bonchev–Trinajstić information content (AvgIpc) is 1.84. The molecule has 0 saturated carbocycles. The van der Waals surface area contributed by atoms with Crippen molar-refractivity contribution in [2.24, 2.45) is 5.41 Å². The van der Waals surface area contributed by atoms with Gasteiger partial charge in [-0.25, -0.2) is 4.79 Å². The first-order chi connectivity index (χ1) is 4.86. The molecule has 0 aliphatic heterocycles. The molecular weight excluding hydrogens is 144 g/mol. The van der Waals surface area contributed by atoms with Gasteiger partial charge in [0.15, 0.2) is 0 Å². The Balaban J connectivity index is 4.23. The van der Waals surface area contributed by atoms with Crippen LogP contribution in [0, 0.1) is 5.41 Å². The first kappa shape index (κ1) is 10.2. The molecule has 0 unspecified atom stereocenters. The van der Waals surface area contributed by atoms with Crippen LogP contribution in [-0.4, -0.2) is 22.3 Å². The first-order valence-corrected chi connectivity index (χ1v) is 3.46. The number of hydrogen-bond donors (Lipinski definition) is 2. The highest BCUT2D eigenvalue weighted by Crippen LogP contribution is 2.21. The molecule has 0 aliphatic rings. The fourth-order valence-corrected chi connectivity index (χ4v) is 0.425. The van der Waals surface area contributed by atoms with Gasteiger partial charge in [-0.1, -0.05) is 19.9 Å². The van der Waals surface area contributed by atoms with Gasteiger partial charge in [0.05, 0.1) is 6.10 Å². The zero-order chi connectivity index (χ0) is 9.07. The average molecular weight is 158 g/mol. The van der Waals surface area contributed by atoms with Crippen LogP contribution in [0.2, 0.25) is 0 Å². The lowest BCUT2D eigenvalue weighted by molar-refractivity contribution is -0.131. The van der Waals surface area contributed by atoms with Gasteiger partial charge in [-0.05, 0) is 6.92 Å². The van der Waals surface area contributed by atoms with Crippen molar-refractivity contribution in [1.82, 2.24) is 0 Å². The molecule has 0 aromatic rings. The summed E-state index contributed by atoms with van der Waals surface area (Å²) in [5.41, 5.74) is -0.474. The molecule has 1 atom stereocenters. The van der Waals surface area contributed by atoms with Gasteiger partial charge >= 0.3 is 5.97 Å². The van der Waals surface area contributed by atoms with Gasteiger partial charge in [0.25, 0.3) is 0 Å². The molecule has 0 fully saturated rings. The Labute approximate surface area is 66.4 Å². The van der Waals surface area contributed by atoms with Crippen molar-refractivity contribution in [3.63, 3.8) is 0 Å². The first-order valence-electron chi connectivity index (χ1n) is 3.46. The molecule has 3 heteroatoms. The second-order valence-corrected chi connectivity index (χ2v) is 3.17. The SMILES string of the molecule is C[C@H](O)C(C)(C)/C=C/C(=O)O. The third-order valence-corrected chi connectivity index (χ3v) is 1.73. The minimum absolute atomic E-state index is 0.474. The Morgan fingerprint density at radius 2 is 2.00 bits per heavy atom. The van der Waals surface area contributed by atoms with E-state index in [-0.39, 0.29) is 0 Å². The number of carbonyl (C=O) groups is 1. The maximum Gasteiger partial charge on any atom is 0.327 e. The second-order valence-electron chi connectivity index (χ2n) is 3.17. The molecule has 0 rings (SSSR count). The molecule has 0 radical (unpaired) electrons. The summed E-state index contributed by atoms with van der Waals surface area (Å²) in [6, 6.07) is 0. The number of carboxylic acids is 1. The van der Waals surface area contributed by atoms with E-state index in [4.69, 9.17) is 10.2 Å². The zero-order valence-electron chi connectivity index (χ0n) is 7.03. The lowest BCUT2D eigenvalue weighted by atomic mass is 9.87. The van der Waals surface area contributed by atoms with E-state index in [1.165, 1.54) is 6.08 Å². The standard InChI is InChI=1S/C8H14O3/c1-6(9)8(2,3)5-4-7(10)11/h4-6,9H,1-3H3,(H,10,11)/b5-4+/t6-/m0/s1. The van der Waals surface area contributed by atoms with Crippen LogP contribution in [0.25, 0.3) is 0 Å². The minimum atomic E-state index is -0.987. The predicted octanol–water partition coefficient (Wildman–Crippen LogP) is 1.03. The number of aliphatic carboxylic acids is 1. The normalized spacial score (nSPS) is 15.3. The minimum Gasteiger partial charge on any atom is -0.478 e. The number of hydrogen-bond acceptors (Lipinski definition) is 2. The molecule has 0 heterocycles. The van der Waals surface area contributed by atoms with Crippen LogP contribution < -0.4 is 0 Å². The van der Waals surface area contributed by atoms with Crippen LogP contribution in [-0.2, 0) is 4.79 Å². The van der Waals surface area contributed by atoms with Crippen molar-refractivity contribution < 1.29 is 15.0 Å². The lowest BCUT2D eigenvalue weighted by Crippen LogP contribution is -2.23. The van der Waals surface area contributed by atoms with Crippen molar-refractivity contribution in [2.45, 2.75) is 26.9 Å². The van der Waals surface area contributed by atoms with Crippen LogP contribution >= 0.6 is 0 Å². The molecule has 0 saturated heterocycles. The molecule has 0 aliphatic carbocycles. The number of carboxylic acid groups (broad SMARTS) is 1. The van der Waals surface area contributed by atoms with Gasteiger partial charge in [0.2, 0.25) is 0 Å². The van der Waals surface area contributed by atoms with Crippen molar-refractivity contribution in [2.75, 3.05) is 0 Å². The van der Waals surface area contributed by atoms with Crippen molar-refractivity contribution in [3.8, 4) is 0 Å². The van der Waals surface area contributed by atoms with Crippen LogP contribution in [0.5, 0.6) is 0 Å². The molecule has 0 bridgehead atoms. The summed E-state index contributed by atoms with van der Waals surface area (Å²) in [7, 11) is 0. The van der Waals surface area contributed by atoms with Crippen molar-refractivity contribution in [3.05, 3.63) is 12.2 Å². The third kappa shape index (κ3) is 3.78. The van der Waals surface area contributed by atoms with Crippen LogP contribution in [0.4, 0.5) is 0 Å². The summed E-state index contributed by atoms with van der Waals surface area (Å²) < 4.78 is 0. The van der Waals surface area contributed by atoms with Gasteiger partial charge in [0.1, 0.15) is 0 Å². The molecular formula is C8H14O3. The molecule has 0 amide bonds. The predicted molar refractivity (Wildman–Crippen MR) is 42.2 cm³/mol. The van der Waals surface area contributed by atoms with Gasteiger partial charge in [0, 0.05) is 11.5 Å². The molecule has 64 valence electrons. The fourth-order valence-electron chi connectivity index (χ4n) is 0.425. The Bertz CT molecular complexity index is 168. The lowest BCUT2D eigenvalue weighted by Gasteiger charge is -2.23. The summed E-state index contributed by atoms with van der Waals surface area (Å²) in [4.78, 5) is 10.1. The molecule has 0 aromatic heterocycles. The van der Waals surface area contributed by atoms with Crippen LogP contribution in [0.3, 0.4) is 0 Å². The van der Waals surface area contributed by atoms with E-state index in [0.29, 0.717) is 0 Å². The van der Waals surface area contributed by atoms with Crippen molar-refractivity contribution in [1.29, 1.82) is 0 Å². The summed E-state index contributed by atoms with van der Waals surface area (Å²) >= 11 is 0. The van der Waals surface area contributed by atoms with E-state index in [1.807, 2.05) is 0 Å². The van der Waals surface area contributed by atoms with Gasteiger partial charge < -0.3 is 10.2 Å². The molecule has 0 spiro atoms. The van der Waals surface area contributed by atoms with E-state index >= 15 is 0 Å². The highest BCUT2D eigenvalue weighted by atomic mass is 16.4. The quantitative estimate of drug-likeness (QED) is 0.603. The van der Waals surface area contributed by atoms with E-state index in [0.717, 1.165) is 6.08 Å². The largest absolute Gasteiger partial charge is 0.478 e. The van der Waals surface area contributed by atoms with Gasteiger partial charge in [-0.2, -0.15) is 0 Å². The summed E-state index contributed by atoms with van der Waals surface area (Å²) in [6.45, 7) is 5.18. The van der Waals surface area contributed by atoms with Crippen LogP contribution in [0.1, 0.15) is 20.8 Å². The van der Waals surface area contributed by atoms with Crippen molar-refractivity contribution >= 4 is 5.97 Å². The van der Waals surface area contributed by atoms with Gasteiger partial charge in [-0.3, -0.25) is 0 Å². The maximum atomic E-state index is 10.1. The van der Waals surface area contributed by atoms with Gasteiger partial charge in [-0.15, -0.1) is 0 Å². The second kappa shape index (κ2) is 3.53. The Hall–Kier alpha value is -0.830. The Morgan fingerprint density at radius 1 is 1.55 bits per heavy atom. The molecule has 2 N–H and O–H groups in total. The van der Waals surface area contributed by atoms with E-state index in [2.05, 4.69) is 0 Å². The maximum absolute atomic E-state index is 10.1. The highest BCUT2D eigenvalue weighted by molar-refractivity contribution is 5.79. The smallest absolute Gasteiger partial charge is 0.327 e. The summed E-state index contributed by atoms with van der Waals surface area (Å²) in [6.07, 6.45) is 1.99. The Kier molecular flexibility index (Phi) is 3.26. The third-order valence-electron chi connectivity index (χ3n) is 1.73. The van der Waals surface area contributed by atoms with E-state index in [1.54, 1.807) is 20.8 Å². The van der Waals surface area contributed by atoms with E-state index in [9.17, 15) is 4.79 Å². The Morgan fingerprint density at radius 3 is 2.27 bits per heavy atom. The van der Waals surface area contributed by atoms with E-state index < -0.39 is 17.5 Å². The number of rotatable bonds is 3. The molecule has 3 nitrogen and oxygen atoms in total. The summed E-state index contributed by atoms with van der Waals surface area (Å²) in [5, 5.41) is 17.4. The molecule has 0 aromatic carbocycles. The molecule has 11 heavy (non-hydrogen) atoms. The monoisotopic (exact) mass is 158 g/mol. The summed E-state index contributed by atoms with van der Waals surface area (Å²) in [5.74, 6) is -0.987. The fraction of sp³-hybridized carbons (Fsp3) is 0.625. The number of aliphatic hydroxyl groups is 1. The zero-order valence-corrected chi connectivity index (χ0v) is 7.03. The van der Waals surface area contributed by atoms with Crippen LogP contribution in [0.15, 0.2) is 12.2 Å². The highest BCUT2D eigenvalue weighted by Gasteiger charge is 2.20.